The van der Waals surface area contributed by atoms with Crippen LogP contribution in [-0.4, -0.2) is 36.3 Å². The van der Waals surface area contributed by atoms with Crippen LogP contribution in [0.25, 0.3) is 0 Å². The molecule has 1 N–H and O–H groups in total. The molecule has 1 heterocycles. The molecule has 2 aliphatic rings. The molecule has 2 fully saturated rings. The lowest BCUT2D eigenvalue weighted by atomic mass is 10.2. The van der Waals surface area contributed by atoms with Crippen LogP contribution in [0.5, 0.6) is 0 Å². The molecule has 1 aliphatic carbocycles. The van der Waals surface area contributed by atoms with E-state index in [9.17, 15) is 0 Å². The Balaban J connectivity index is 1.55. The van der Waals surface area contributed by atoms with Gasteiger partial charge in [-0.15, -0.1) is 11.8 Å². The fourth-order valence-corrected chi connectivity index (χ4v) is 3.01. The maximum Gasteiger partial charge on any atom is 0.0400 e. The highest BCUT2D eigenvalue weighted by molar-refractivity contribution is 7.98. The summed E-state index contributed by atoms with van der Waals surface area (Å²) in [4.78, 5) is 3.98. The number of benzene rings is 1. The molecule has 0 aromatic heterocycles. The molecule has 2 nitrogen and oxygen atoms in total. The molecule has 17 heavy (non-hydrogen) atoms. The summed E-state index contributed by atoms with van der Waals surface area (Å²) in [5.74, 6) is 0. The highest BCUT2D eigenvalue weighted by Gasteiger charge is 2.34. The van der Waals surface area contributed by atoms with Crippen molar-refractivity contribution in [2.24, 2.45) is 0 Å². The van der Waals surface area contributed by atoms with Crippen molar-refractivity contribution in [3.05, 3.63) is 24.3 Å². The zero-order valence-corrected chi connectivity index (χ0v) is 11.2. The Bertz CT molecular complexity index is 372. The van der Waals surface area contributed by atoms with Crippen molar-refractivity contribution >= 4 is 17.4 Å². The number of likely N-dealkylation sites (tertiary alicyclic amines) is 1. The highest BCUT2D eigenvalue weighted by atomic mass is 32.2. The molecule has 1 aromatic rings. The predicted molar refractivity (Wildman–Crippen MR) is 74.8 cm³/mol. The number of thioether (sulfide) groups is 1. The van der Waals surface area contributed by atoms with E-state index in [0.717, 1.165) is 6.04 Å². The second kappa shape index (κ2) is 4.91. The van der Waals surface area contributed by atoms with Crippen LogP contribution < -0.4 is 5.32 Å². The van der Waals surface area contributed by atoms with Gasteiger partial charge in [-0.05, 0) is 49.8 Å². The van der Waals surface area contributed by atoms with Crippen molar-refractivity contribution in [2.75, 3.05) is 24.7 Å². The van der Waals surface area contributed by atoms with E-state index in [1.54, 1.807) is 11.8 Å². The number of hydrogen-bond donors (Lipinski definition) is 1. The molecule has 0 radical (unpaired) electrons. The first-order valence-electron chi connectivity index (χ1n) is 6.50. The third kappa shape index (κ3) is 2.78. The van der Waals surface area contributed by atoms with E-state index in [1.807, 2.05) is 0 Å². The van der Waals surface area contributed by atoms with Gasteiger partial charge in [0, 0.05) is 35.8 Å². The van der Waals surface area contributed by atoms with Gasteiger partial charge < -0.3 is 5.32 Å². The highest BCUT2D eigenvalue weighted by Crippen LogP contribution is 2.30. The van der Waals surface area contributed by atoms with Gasteiger partial charge in [-0.3, -0.25) is 4.90 Å². The molecule has 1 aromatic carbocycles. The maximum atomic E-state index is 3.65. The quantitative estimate of drug-likeness (QED) is 0.825. The smallest absolute Gasteiger partial charge is 0.0400 e. The van der Waals surface area contributed by atoms with Crippen molar-refractivity contribution < 1.29 is 0 Å². The molecular weight excluding hydrogens is 228 g/mol. The Kier molecular flexibility index (Phi) is 3.30. The molecule has 0 spiro atoms. The summed E-state index contributed by atoms with van der Waals surface area (Å²) in [5, 5.41) is 3.65. The minimum Gasteiger partial charge on any atom is -0.381 e. The van der Waals surface area contributed by atoms with E-state index in [4.69, 9.17) is 0 Å². The Labute approximate surface area is 108 Å². The van der Waals surface area contributed by atoms with Crippen molar-refractivity contribution in [1.82, 2.24) is 4.90 Å². The first-order valence-corrected chi connectivity index (χ1v) is 7.72. The summed E-state index contributed by atoms with van der Waals surface area (Å²) in [6, 6.07) is 10.4. The average molecular weight is 248 g/mol. The first kappa shape index (κ1) is 11.4. The molecule has 0 bridgehead atoms. The fourth-order valence-electron chi connectivity index (χ4n) is 2.60. The van der Waals surface area contributed by atoms with E-state index < -0.39 is 0 Å². The maximum absolute atomic E-state index is 3.65. The minimum absolute atomic E-state index is 0.649. The van der Waals surface area contributed by atoms with Gasteiger partial charge in [0.05, 0.1) is 0 Å². The van der Waals surface area contributed by atoms with Gasteiger partial charge in [-0.25, -0.2) is 0 Å². The molecule has 1 saturated carbocycles. The van der Waals surface area contributed by atoms with Crippen LogP contribution in [0.15, 0.2) is 29.2 Å². The van der Waals surface area contributed by atoms with Crippen LogP contribution in [0.4, 0.5) is 5.69 Å². The number of rotatable bonds is 4. The number of nitrogens with zero attached hydrogens (tertiary/aromatic N) is 1. The SMILES string of the molecule is CSc1ccc(NC2CCN(C3CC3)C2)cc1. The molecule has 0 amide bonds. The van der Waals surface area contributed by atoms with E-state index in [0.29, 0.717) is 6.04 Å². The van der Waals surface area contributed by atoms with Crippen LogP contribution >= 0.6 is 11.8 Å². The predicted octanol–water partition coefficient (Wildman–Crippen LogP) is 3.06. The second-order valence-electron chi connectivity index (χ2n) is 5.08. The van der Waals surface area contributed by atoms with Gasteiger partial charge in [-0.2, -0.15) is 0 Å². The molecular formula is C14H20N2S. The molecule has 1 atom stereocenters. The van der Waals surface area contributed by atoms with Crippen LogP contribution in [0.2, 0.25) is 0 Å². The first-order chi connectivity index (χ1) is 8.35. The van der Waals surface area contributed by atoms with Crippen molar-refractivity contribution in [3.8, 4) is 0 Å². The average Bonchev–Trinajstić information content (AvgIpc) is 3.12. The number of hydrogen-bond acceptors (Lipinski definition) is 3. The largest absolute Gasteiger partial charge is 0.381 e. The number of anilines is 1. The molecule has 3 rings (SSSR count). The van der Waals surface area contributed by atoms with Crippen molar-refractivity contribution in [1.29, 1.82) is 0 Å². The topological polar surface area (TPSA) is 15.3 Å². The molecule has 1 saturated heterocycles. The molecule has 3 heteroatoms. The minimum atomic E-state index is 0.649. The van der Waals surface area contributed by atoms with Crippen molar-refractivity contribution in [2.45, 2.75) is 36.2 Å². The van der Waals surface area contributed by atoms with Gasteiger partial charge in [-0.1, -0.05) is 0 Å². The molecule has 1 aliphatic heterocycles. The van der Waals surface area contributed by atoms with Crippen molar-refractivity contribution in [3.63, 3.8) is 0 Å². The summed E-state index contributed by atoms with van der Waals surface area (Å²) >= 11 is 1.80. The zero-order chi connectivity index (χ0) is 11.7. The second-order valence-corrected chi connectivity index (χ2v) is 5.96. The van der Waals surface area contributed by atoms with Gasteiger partial charge >= 0.3 is 0 Å². The van der Waals surface area contributed by atoms with E-state index in [2.05, 4.69) is 40.7 Å². The van der Waals surface area contributed by atoms with Crippen LogP contribution in [0.3, 0.4) is 0 Å². The third-order valence-corrected chi connectivity index (χ3v) is 4.49. The normalized spacial score (nSPS) is 25.1. The number of nitrogens with one attached hydrogen (secondary N) is 1. The van der Waals surface area contributed by atoms with Crippen LogP contribution in [0.1, 0.15) is 19.3 Å². The van der Waals surface area contributed by atoms with Gasteiger partial charge in [0.2, 0.25) is 0 Å². The van der Waals surface area contributed by atoms with Crippen LogP contribution in [0, 0.1) is 0 Å². The summed E-state index contributed by atoms with van der Waals surface area (Å²) in [6.07, 6.45) is 6.26. The zero-order valence-electron chi connectivity index (χ0n) is 10.4. The van der Waals surface area contributed by atoms with Gasteiger partial charge in [0.25, 0.3) is 0 Å². The summed E-state index contributed by atoms with van der Waals surface area (Å²) in [7, 11) is 0. The summed E-state index contributed by atoms with van der Waals surface area (Å²) < 4.78 is 0. The lowest BCUT2D eigenvalue weighted by Gasteiger charge is -2.16. The van der Waals surface area contributed by atoms with E-state index in [-0.39, 0.29) is 0 Å². The third-order valence-electron chi connectivity index (χ3n) is 3.74. The fraction of sp³-hybridized carbons (Fsp3) is 0.571. The van der Waals surface area contributed by atoms with Gasteiger partial charge in [0.15, 0.2) is 0 Å². The monoisotopic (exact) mass is 248 g/mol. The standard InChI is InChI=1S/C14H20N2S/c1-17-14-6-2-11(3-7-14)15-12-8-9-16(10-12)13-4-5-13/h2-3,6-7,12-13,15H,4-5,8-10H2,1H3. The Hall–Kier alpha value is -0.670. The van der Waals surface area contributed by atoms with E-state index in [1.165, 1.54) is 42.9 Å². The Morgan fingerprint density at radius 1 is 1.18 bits per heavy atom. The Morgan fingerprint density at radius 2 is 1.94 bits per heavy atom. The Morgan fingerprint density at radius 3 is 2.59 bits per heavy atom. The lowest BCUT2D eigenvalue weighted by molar-refractivity contribution is 0.326. The van der Waals surface area contributed by atoms with E-state index >= 15 is 0 Å². The summed E-state index contributed by atoms with van der Waals surface area (Å²) in [5.41, 5.74) is 1.27. The lowest BCUT2D eigenvalue weighted by Crippen LogP contribution is -2.27. The molecule has 1 unspecified atom stereocenters. The van der Waals surface area contributed by atoms with Crippen LogP contribution in [-0.2, 0) is 0 Å². The molecule has 92 valence electrons. The van der Waals surface area contributed by atoms with Gasteiger partial charge in [0.1, 0.15) is 0 Å². The summed E-state index contributed by atoms with van der Waals surface area (Å²) in [6.45, 7) is 2.51.